The molecule has 2 saturated heterocycles. The van der Waals surface area contributed by atoms with Crippen LogP contribution in [0.3, 0.4) is 0 Å². The Morgan fingerprint density at radius 2 is 2.14 bits per heavy atom. The lowest BCUT2D eigenvalue weighted by Crippen LogP contribution is -2.52. The van der Waals surface area contributed by atoms with Crippen molar-refractivity contribution >= 4 is 33.2 Å². The summed E-state index contributed by atoms with van der Waals surface area (Å²) in [5.74, 6) is 0.330. The molecule has 0 bridgehead atoms. The van der Waals surface area contributed by atoms with E-state index in [-0.39, 0.29) is 6.04 Å². The number of thiophene rings is 1. The highest BCUT2D eigenvalue weighted by molar-refractivity contribution is 9.11. The number of carbonyl (C=O) groups excluding carboxylic acids is 1. The molecular formula is C15H22BrN3OS. The summed E-state index contributed by atoms with van der Waals surface area (Å²) in [6.07, 6.45) is 2.12. The molecule has 2 atom stereocenters. The van der Waals surface area contributed by atoms with E-state index in [0.717, 1.165) is 49.4 Å². The van der Waals surface area contributed by atoms with Crippen LogP contribution in [0.1, 0.15) is 30.7 Å². The molecule has 0 saturated carbocycles. The van der Waals surface area contributed by atoms with Crippen molar-refractivity contribution in [3.05, 3.63) is 20.8 Å². The van der Waals surface area contributed by atoms with Gasteiger partial charge in [0.1, 0.15) is 0 Å². The third-order valence-electron chi connectivity index (χ3n) is 4.51. The zero-order valence-electron chi connectivity index (χ0n) is 12.3. The minimum atomic E-state index is 0.0685. The van der Waals surface area contributed by atoms with E-state index in [2.05, 4.69) is 45.2 Å². The van der Waals surface area contributed by atoms with Crippen LogP contribution in [0.5, 0.6) is 0 Å². The maximum atomic E-state index is 12.8. The van der Waals surface area contributed by atoms with Crippen LogP contribution < -0.4 is 5.32 Å². The molecule has 3 heterocycles. The van der Waals surface area contributed by atoms with E-state index >= 15 is 0 Å². The van der Waals surface area contributed by atoms with Crippen molar-refractivity contribution in [3.63, 3.8) is 0 Å². The van der Waals surface area contributed by atoms with Crippen LogP contribution in [-0.2, 0) is 4.79 Å². The molecule has 2 fully saturated rings. The molecule has 1 aromatic heterocycles. The standard InChI is InChI=1S/C15H22BrN3OS/c1-11(13-4-5-14(16)21-13)19-8-2-3-12(19)15(20)18-9-6-17-7-10-18/h4-5,11-12,17H,2-3,6-10H2,1H3. The molecule has 21 heavy (non-hydrogen) atoms. The van der Waals surface area contributed by atoms with E-state index in [1.165, 1.54) is 4.88 Å². The molecule has 3 rings (SSSR count). The van der Waals surface area contributed by atoms with Crippen molar-refractivity contribution in [1.82, 2.24) is 15.1 Å². The molecule has 4 nitrogen and oxygen atoms in total. The lowest BCUT2D eigenvalue weighted by Gasteiger charge is -2.35. The van der Waals surface area contributed by atoms with Gasteiger partial charge in [-0.25, -0.2) is 0 Å². The summed E-state index contributed by atoms with van der Waals surface area (Å²) in [6.45, 7) is 6.79. The maximum absolute atomic E-state index is 12.8. The predicted molar refractivity (Wildman–Crippen MR) is 89.6 cm³/mol. The molecule has 2 unspecified atom stereocenters. The second-order valence-corrected chi connectivity index (χ2v) is 8.28. The van der Waals surface area contributed by atoms with Gasteiger partial charge >= 0.3 is 0 Å². The van der Waals surface area contributed by atoms with Crippen molar-refractivity contribution in [2.45, 2.75) is 31.8 Å². The largest absolute Gasteiger partial charge is 0.339 e. The highest BCUT2D eigenvalue weighted by atomic mass is 79.9. The van der Waals surface area contributed by atoms with Gasteiger partial charge in [0, 0.05) is 37.1 Å². The fraction of sp³-hybridized carbons (Fsp3) is 0.667. The highest BCUT2D eigenvalue weighted by Crippen LogP contribution is 2.35. The van der Waals surface area contributed by atoms with Crippen molar-refractivity contribution in [3.8, 4) is 0 Å². The fourth-order valence-corrected chi connectivity index (χ4v) is 4.83. The second kappa shape index (κ2) is 6.77. The first-order valence-corrected chi connectivity index (χ1v) is 9.28. The fourth-order valence-electron chi connectivity index (χ4n) is 3.33. The summed E-state index contributed by atoms with van der Waals surface area (Å²) in [4.78, 5) is 18.6. The van der Waals surface area contributed by atoms with Gasteiger partial charge < -0.3 is 10.2 Å². The van der Waals surface area contributed by atoms with Crippen molar-refractivity contribution in [2.24, 2.45) is 0 Å². The van der Waals surface area contributed by atoms with Crippen molar-refractivity contribution in [2.75, 3.05) is 32.7 Å². The van der Waals surface area contributed by atoms with Gasteiger partial charge in [0.25, 0.3) is 0 Å². The molecule has 2 aliphatic heterocycles. The molecule has 0 aromatic carbocycles. The lowest BCUT2D eigenvalue weighted by atomic mass is 10.1. The summed E-state index contributed by atoms with van der Waals surface area (Å²) >= 11 is 5.31. The number of nitrogens with zero attached hydrogens (tertiary/aromatic N) is 2. The molecule has 1 N–H and O–H groups in total. The molecule has 1 aromatic rings. The van der Waals surface area contributed by atoms with Gasteiger partial charge in [0.15, 0.2) is 0 Å². The SMILES string of the molecule is CC(c1ccc(Br)s1)N1CCCC1C(=O)N1CCNCC1. The van der Waals surface area contributed by atoms with Gasteiger partial charge in [-0.15, -0.1) is 11.3 Å². The summed E-state index contributed by atoms with van der Waals surface area (Å²) in [5.41, 5.74) is 0. The number of carbonyl (C=O) groups is 1. The number of amides is 1. The first-order chi connectivity index (χ1) is 10.2. The number of rotatable bonds is 3. The van der Waals surface area contributed by atoms with Gasteiger partial charge in [-0.2, -0.15) is 0 Å². The Morgan fingerprint density at radius 1 is 1.38 bits per heavy atom. The zero-order valence-corrected chi connectivity index (χ0v) is 14.8. The van der Waals surface area contributed by atoms with Gasteiger partial charge in [0.2, 0.25) is 5.91 Å². The number of nitrogens with one attached hydrogen (secondary N) is 1. The average Bonchev–Trinajstić information content (AvgIpc) is 3.15. The molecule has 116 valence electrons. The first-order valence-electron chi connectivity index (χ1n) is 7.67. The van der Waals surface area contributed by atoms with E-state index in [1.54, 1.807) is 11.3 Å². The van der Waals surface area contributed by atoms with Crippen LogP contribution in [0.25, 0.3) is 0 Å². The number of halogens is 1. The van der Waals surface area contributed by atoms with E-state index < -0.39 is 0 Å². The Hall–Kier alpha value is -0.430. The quantitative estimate of drug-likeness (QED) is 0.886. The van der Waals surface area contributed by atoms with Crippen LogP contribution in [0.15, 0.2) is 15.9 Å². The highest BCUT2D eigenvalue weighted by Gasteiger charge is 2.37. The normalized spacial score (nSPS) is 25.2. The van der Waals surface area contributed by atoms with Crippen LogP contribution in [0.2, 0.25) is 0 Å². The summed E-state index contributed by atoms with van der Waals surface area (Å²) < 4.78 is 1.16. The second-order valence-electron chi connectivity index (χ2n) is 5.79. The van der Waals surface area contributed by atoms with E-state index in [4.69, 9.17) is 0 Å². The van der Waals surface area contributed by atoms with E-state index in [0.29, 0.717) is 11.9 Å². The minimum Gasteiger partial charge on any atom is -0.339 e. The molecule has 0 radical (unpaired) electrons. The van der Waals surface area contributed by atoms with E-state index in [9.17, 15) is 4.79 Å². The van der Waals surface area contributed by atoms with Crippen LogP contribution in [-0.4, -0.2) is 54.5 Å². The minimum absolute atomic E-state index is 0.0685. The number of hydrogen-bond acceptors (Lipinski definition) is 4. The molecule has 0 spiro atoms. The lowest BCUT2D eigenvalue weighted by molar-refractivity contribution is -0.137. The molecule has 1 amide bonds. The Kier molecular flexibility index (Phi) is 4.99. The maximum Gasteiger partial charge on any atom is 0.240 e. The molecule has 2 aliphatic rings. The van der Waals surface area contributed by atoms with Crippen LogP contribution in [0, 0.1) is 0 Å². The summed E-state index contributed by atoms with van der Waals surface area (Å²) in [6, 6.07) is 4.66. The van der Waals surface area contributed by atoms with E-state index in [1.807, 2.05) is 4.90 Å². The van der Waals surface area contributed by atoms with Gasteiger partial charge in [-0.1, -0.05) is 0 Å². The van der Waals surface area contributed by atoms with Gasteiger partial charge in [-0.05, 0) is 54.4 Å². The van der Waals surface area contributed by atoms with Gasteiger partial charge in [-0.3, -0.25) is 9.69 Å². The van der Waals surface area contributed by atoms with Crippen molar-refractivity contribution in [1.29, 1.82) is 0 Å². The Bertz CT molecular complexity index is 501. The Balaban J connectivity index is 1.71. The topological polar surface area (TPSA) is 35.6 Å². The average molecular weight is 372 g/mol. The third kappa shape index (κ3) is 3.33. The summed E-state index contributed by atoms with van der Waals surface area (Å²) in [5, 5.41) is 3.31. The van der Waals surface area contributed by atoms with Crippen LogP contribution >= 0.6 is 27.3 Å². The molecule has 6 heteroatoms. The number of likely N-dealkylation sites (tertiary alicyclic amines) is 1. The molecule has 0 aliphatic carbocycles. The number of piperazine rings is 1. The summed E-state index contributed by atoms with van der Waals surface area (Å²) in [7, 11) is 0. The number of hydrogen-bond donors (Lipinski definition) is 1. The smallest absolute Gasteiger partial charge is 0.240 e. The monoisotopic (exact) mass is 371 g/mol. The molecular weight excluding hydrogens is 350 g/mol. The predicted octanol–water partition coefficient (Wildman–Crippen LogP) is 2.47. The Labute approximate surface area is 138 Å². The Morgan fingerprint density at radius 3 is 2.81 bits per heavy atom. The van der Waals surface area contributed by atoms with Gasteiger partial charge in [0.05, 0.1) is 9.83 Å². The van der Waals surface area contributed by atoms with Crippen LogP contribution in [0.4, 0.5) is 0 Å². The zero-order chi connectivity index (χ0) is 14.8. The van der Waals surface area contributed by atoms with Crippen molar-refractivity contribution < 1.29 is 4.79 Å². The first kappa shape index (κ1) is 15.5. The third-order valence-corrected chi connectivity index (χ3v) is 6.31.